The third kappa shape index (κ3) is 5.38. The summed E-state index contributed by atoms with van der Waals surface area (Å²) in [4.78, 5) is 49.7. The summed E-state index contributed by atoms with van der Waals surface area (Å²) in [5.74, 6) is -1.06. The first-order chi connectivity index (χ1) is 16.0. The predicted molar refractivity (Wildman–Crippen MR) is 123 cm³/mol. The number of hydrogen-bond donors (Lipinski definition) is 4. The molecule has 0 saturated carbocycles. The Balaban J connectivity index is 1.95. The van der Waals surface area contributed by atoms with E-state index >= 15 is 0 Å². The lowest BCUT2D eigenvalue weighted by Gasteiger charge is -2.30. The number of rotatable bonds is 6. The van der Waals surface area contributed by atoms with Crippen LogP contribution in [0, 0.1) is 0 Å². The van der Waals surface area contributed by atoms with E-state index in [4.69, 9.17) is 9.47 Å². The molecule has 0 fully saturated rings. The van der Waals surface area contributed by atoms with E-state index in [0.717, 1.165) is 0 Å². The zero-order chi connectivity index (χ0) is 25.2. The van der Waals surface area contributed by atoms with Crippen LogP contribution in [0.3, 0.4) is 0 Å². The first kappa shape index (κ1) is 24.8. The number of benzene rings is 1. The van der Waals surface area contributed by atoms with Crippen molar-refractivity contribution < 1.29 is 28.7 Å². The van der Waals surface area contributed by atoms with Crippen LogP contribution in [0.15, 0.2) is 46.8 Å². The van der Waals surface area contributed by atoms with Crippen molar-refractivity contribution in [2.45, 2.75) is 65.8 Å². The summed E-state index contributed by atoms with van der Waals surface area (Å²) in [6.45, 7) is 10.3. The summed E-state index contributed by atoms with van der Waals surface area (Å²) in [5.41, 5.74) is 2.70. The summed E-state index contributed by atoms with van der Waals surface area (Å²) < 4.78 is 10.7. The van der Waals surface area contributed by atoms with Gasteiger partial charge in [-0.1, -0.05) is 24.3 Å². The molecule has 3 rings (SSSR count). The fraction of sp³-hybridized carbons (Fsp3) is 0.417. The summed E-state index contributed by atoms with van der Waals surface area (Å²) in [6.07, 6.45) is -0.646. The molecule has 2 aliphatic rings. The molecule has 10 nitrogen and oxygen atoms in total. The van der Waals surface area contributed by atoms with Crippen LogP contribution in [0.5, 0.6) is 0 Å². The van der Waals surface area contributed by atoms with Gasteiger partial charge in [-0.05, 0) is 52.7 Å². The van der Waals surface area contributed by atoms with Gasteiger partial charge in [-0.15, -0.1) is 0 Å². The number of carbonyl (C=O) groups excluding carboxylic acids is 4. The van der Waals surface area contributed by atoms with Crippen LogP contribution < -0.4 is 21.3 Å². The molecule has 0 spiro atoms. The highest BCUT2D eigenvalue weighted by atomic mass is 16.5. The Morgan fingerprint density at radius 1 is 0.706 bits per heavy atom. The van der Waals surface area contributed by atoms with Crippen molar-refractivity contribution in [1.82, 2.24) is 21.3 Å². The molecule has 2 atom stereocenters. The molecule has 0 saturated heterocycles. The van der Waals surface area contributed by atoms with Crippen LogP contribution in [-0.2, 0) is 19.1 Å². The van der Waals surface area contributed by atoms with Gasteiger partial charge in [0.2, 0.25) is 0 Å². The minimum Gasteiger partial charge on any atom is -0.459 e. The third-order valence-corrected chi connectivity index (χ3v) is 5.27. The molecule has 1 aromatic carbocycles. The number of amides is 4. The SMILES string of the molecule is CC1=C(C(=O)OC(C)C)C(c2ccc(C3NC(=O)NC(C)=C3C(=O)OC(C)C)cc2)NC(=O)N1. The maximum atomic E-state index is 12.7. The topological polar surface area (TPSA) is 135 Å². The zero-order valence-electron chi connectivity index (χ0n) is 20.1. The second kappa shape index (κ2) is 9.98. The molecule has 0 radical (unpaired) electrons. The Morgan fingerprint density at radius 2 is 1.03 bits per heavy atom. The van der Waals surface area contributed by atoms with Gasteiger partial charge in [0.05, 0.1) is 35.4 Å². The second-order valence-corrected chi connectivity index (χ2v) is 8.72. The molecular weight excluding hydrogens is 440 g/mol. The number of urea groups is 2. The Bertz CT molecular complexity index is 986. The van der Waals surface area contributed by atoms with E-state index in [1.165, 1.54) is 0 Å². The highest BCUT2D eigenvalue weighted by Gasteiger charge is 2.35. The van der Waals surface area contributed by atoms with E-state index < -0.39 is 36.1 Å². The Labute approximate surface area is 198 Å². The van der Waals surface area contributed by atoms with E-state index in [1.54, 1.807) is 65.8 Å². The van der Waals surface area contributed by atoms with Crippen molar-refractivity contribution in [3.05, 3.63) is 57.9 Å². The number of ether oxygens (including phenoxy) is 2. The molecule has 34 heavy (non-hydrogen) atoms. The van der Waals surface area contributed by atoms with Crippen molar-refractivity contribution >= 4 is 24.0 Å². The standard InChI is InChI=1S/C24H30N4O6/c1-11(2)33-21(29)17-13(5)25-23(31)27-19(17)15-7-9-16(10-8-15)20-18(22(30)34-12(3)4)14(6)26-24(32)28-20/h7-12,19-20H,1-6H3,(H2,25,27,31)(H2,26,28,32). The highest BCUT2D eigenvalue weighted by Crippen LogP contribution is 2.32. The molecular formula is C24H30N4O6. The second-order valence-electron chi connectivity index (χ2n) is 8.72. The molecule has 10 heteroatoms. The number of carbonyl (C=O) groups is 4. The molecule has 2 unspecified atom stereocenters. The van der Waals surface area contributed by atoms with Gasteiger partial charge in [0.25, 0.3) is 0 Å². The van der Waals surface area contributed by atoms with E-state index in [-0.39, 0.29) is 12.2 Å². The fourth-order valence-electron chi connectivity index (χ4n) is 3.86. The summed E-state index contributed by atoms with van der Waals surface area (Å²) in [6, 6.07) is 4.62. The Kier molecular flexibility index (Phi) is 7.29. The lowest BCUT2D eigenvalue weighted by molar-refractivity contribution is -0.144. The van der Waals surface area contributed by atoms with E-state index in [1.807, 2.05) is 0 Å². The van der Waals surface area contributed by atoms with Crippen LogP contribution in [0.1, 0.15) is 64.8 Å². The normalized spacial score (nSPS) is 20.5. The number of allylic oxidation sites excluding steroid dienone is 2. The molecule has 4 amide bonds. The summed E-state index contributed by atoms with van der Waals surface area (Å²) >= 11 is 0. The van der Waals surface area contributed by atoms with Gasteiger partial charge in [0.15, 0.2) is 0 Å². The van der Waals surface area contributed by atoms with Crippen molar-refractivity contribution in [2.75, 3.05) is 0 Å². The maximum Gasteiger partial charge on any atom is 0.338 e. The van der Waals surface area contributed by atoms with Gasteiger partial charge >= 0.3 is 24.0 Å². The fourth-order valence-corrected chi connectivity index (χ4v) is 3.86. The van der Waals surface area contributed by atoms with Crippen LogP contribution in [0.4, 0.5) is 9.59 Å². The van der Waals surface area contributed by atoms with Gasteiger partial charge in [0.1, 0.15) is 0 Å². The van der Waals surface area contributed by atoms with Crippen molar-refractivity contribution in [3.63, 3.8) is 0 Å². The van der Waals surface area contributed by atoms with Gasteiger partial charge in [-0.25, -0.2) is 19.2 Å². The average molecular weight is 471 g/mol. The molecule has 0 bridgehead atoms. The Morgan fingerprint density at radius 3 is 1.32 bits per heavy atom. The van der Waals surface area contributed by atoms with E-state index in [2.05, 4.69) is 21.3 Å². The van der Waals surface area contributed by atoms with Crippen molar-refractivity contribution in [3.8, 4) is 0 Å². The molecule has 2 heterocycles. The lowest BCUT2D eigenvalue weighted by Crippen LogP contribution is -2.46. The predicted octanol–water partition coefficient (Wildman–Crippen LogP) is 2.85. The molecule has 2 aliphatic heterocycles. The van der Waals surface area contributed by atoms with Gasteiger partial charge in [-0.2, -0.15) is 0 Å². The number of esters is 2. The van der Waals surface area contributed by atoms with Crippen LogP contribution in [0.2, 0.25) is 0 Å². The van der Waals surface area contributed by atoms with Crippen LogP contribution in [0.25, 0.3) is 0 Å². The van der Waals surface area contributed by atoms with E-state index in [0.29, 0.717) is 33.7 Å². The van der Waals surface area contributed by atoms with Gasteiger partial charge < -0.3 is 30.7 Å². The van der Waals surface area contributed by atoms with Crippen molar-refractivity contribution in [1.29, 1.82) is 0 Å². The number of nitrogens with one attached hydrogen (secondary N) is 4. The van der Waals surface area contributed by atoms with Crippen molar-refractivity contribution in [2.24, 2.45) is 0 Å². The van der Waals surface area contributed by atoms with Gasteiger partial charge in [-0.3, -0.25) is 0 Å². The third-order valence-electron chi connectivity index (χ3n) is 5.27. The van der Waals surface area contributed by atoms with E-state index in [9.17, 15) is 19.2 Å². The highest BCUT2D eigenvalue weighted by molar-refractivity contribution is 5.96. The molecule has 182 valence electrons. The Hall–Kier alpha value is -3.82. The van der Waals surface area contributed by atoms with Gasteiger partial charge in [0, 0.05) is 11.4 Å². The summed E-state index contributed by atoms with van der Waals surface area (Å²) in [7, 11) is 0. The minimum absolute atomic E-state index is 0.299. The monoisotopic (exact) mass is 470 g/mol. The molecule has 4 N–H and O–H groups in total. The number of hydrogen-bond acceptors (Lipinski definition) is 6. The van der Waals surface area contributed by atoms with Crippen LogP contribution in [-0.4, -0.2) is 36.2 Å². The molecule has 1 aromatic rings. The quantitative estimate of drug-likeness (QED) is 0.472. The summed E-state index contributed by atoms with van der Waals surface area (Å²) in [5, 5.41) is 10.7. The minimum atomic E-state index is -0.723. The first-order valence-electron chi connectivity index (χ1n) is 11.1. The smallest absolute Gasteiger partial charge is 0.338 e. The lowest BCUT2D eigenvalue weighted by atomic mass is 9.91. The molecule has 0 aromatic heterocycles. The molecule has 0 aliphatic carbocycles. The largest absolute Gasteiger partial charge is 0.459 e. The maximum absolute atomic E-state index is 12.7. The average Bonchev–Trinajstić information content (AvgIpc) is 2.71. The zero-order valence-corrected chi connectivity index (χ0v) is 20.1. The first-order valence-corrected chi connectivity index (χ1v) is 11.1. The van der Waals surface area contributed by atoms with Crippen LogP contribution >= 0.6 is 0 Å².